The van der Waals surface area contributed by atoms with Gasteiger partial charge in [-0.05, 0) is 25.1 Å². The van der Waals surface area contributed by atoms with Crippen molar-refractivity contribution in [2.75, 3.05) is 25.1 Å². The summed E-state index contributed by atoms with van der Waals surface area (Å²) >= 11 is 12.1. The van der Waals surface area contributed by atoms with E-state index in [1.165, 1.54) is 0 Å². The van der Waals surface area contributed by atoms with Crippen LogP contribution >= 0.6 is 23.2 Å². The van der Waals surface area contributed by atoms with E-state index in [4.69, 9.17) is 23.2 Å². The van der Waals surface area contributed by atoms with Gasteiger partial charge < -0.3 is 5.32 Å². The van der Waals surface area contributed by atoms with Gasteiger partial charge in [-0.25, -0.2) is 13.2 Å². The van der Waals surface area contributed by atoms with Gasteiger partial charge in [0.1, 0.15) is 0 Å². The summed E-state index contributed by atoms with van der Waals surface area (Å²) in [6.45, 7) is 0.356. The largest absolute Gasteiger partial charge is 0.334 e. The fourth-order valence-electron chi connectivity index (χ4n) is 2.56. The molecule has 0 spiro atoms. The predicted octanol–water partition coefficient (Wildman–Crippen LogP) is 1.44. The van der Waals surface area contributed by atoms with E-state index < -0.39 is 27.8 Å². The number of hydrogen-bond acceptors (Lipinski definition) is 5. The number of carbonyl (C=O) groups is 2. The highest BCUT2D eigenvalue weighted by atomic mass is 35.5. The van der Waals surface area contributed by atoms with Gasteiger partial charge in [0, 0.05) is 12.6 Å². The van der Waals surface area contributed by atoms with Crippen molar-refractivity contribution in [1.29, 1.82) is 0 Å². The molecule has 7 nitrogen and oxygen atoms in total. The standard InChI is InChI=1S/C15H19Cl2N3O4S/c1-20(7-10-3-2-4-12(16)14(10)17)8-13(21)19-15(22)18-11-5-6-25(23,24)9-11/h2-4,11H,5-9H2,1H3,(H2,18,19,21,22)/t11-/m0/s1. The number of imide groups is 1. The number of rotatable bonds is 5. The molecule has 1 aromatic rings. The number of likely N-dealkylation sites (N-methyl/N-ethyl adjacent to an activating group) is 1. The molecule has 1 aromatic carbocycles. The summed E-state index contributed by atoms with van der Waals surface area (Å²) in [4.78, 5) is 25.4. The summed E-state index contributed by atoms with van der Waals surface area (Å²) in [6, 6.07) is 4.09. The van der Waals surface area contributed by atoms with Crippen LogP contribution in [0.25, 0.3) is 0 Å². The molecule has 0 aliphatic carbocycles. The van der Waals surface area contributed by atoms with Gasteiger partial charge in [-0.2, -0.15) is 0 Å². The molecule has 1 atom stereocenters. The zero-order valence-corrected chi connectivity index (χ0v) is 15.9. The van der Waals surface area contributed by atoms with Crippen LogP contribution in [0.5, 0.6) is 0 Å². The second kappa shape index (κ2) is 8.35. The minimum absolute atomic E-state index is 0.0285. The summed E-state index contributed by atoms with van der Waals surface area (Å²) in [5, 5.41) is 5.55. The maximum Gasteiger partial charge on any atom is 0.321 e. The number of halogens is 2. The Bertz CT molecular complexity index is 770. The number of sulfone groups is 1. The molecule has 138 valence electrons. The monoisotopic (exact) mass is 407 g/mol. The van der Waals surface area contributed by atoms with Crippen LogP contribution in [-0.2, 0) is 21.2 Å². The molecule has 2 rings (SSSR count). The van der Waals surface area contributed by atoms with Crippen molar-refractivity contribution < 1.29 is 18.0 Å². The van der Waals surface area contributed by atoms with Crippen LogP contribution in [0.3, 0.4) is 0 Å². The number of hydrogen-bond donors (Lipinski definition) is 2. The van der Waals surface area contributed by atoms with Gasteiger partial charge in [0.15, 0.2) is 9.84 Å². The van der Waals surface area contributed by atoms with E-state index >= 15 is 0 Å². The van der Waals surface area contributed by atoms with Gasteiger partial charge in [0.25, 0.3) is 0 Å². The number of amides is 3. The third-order valence-corrected chi connectivity index (χ3v) is 6.33. The number of urea groups is 1. The second-order valence-corrected chi connectivity index (χ2v) is 9.02. The Morgan fingerprint density at radius 2 is 2.04 bits per heavy atom. The number of nitrogens with one attached hydrogen (secondary N) is 2. The van der Waals surface area contributed by atoms with Crippen molar-refractivity contribution in [3.8, 4) is 0 Å². The van der Waals surface area contributed by atoms with Gasteiger partial charge in [-0.15, -0.1) is 0 Å². The third-order valence-electron chi connectivity index (χ3n) is 3.71. The summed E-state index contributed by atoms with van der Waals surface area (Å²) in [5.74, 6) is -0.546. The highest BCUT2D eigenvalue weighted by Gasteiger charge is 2.29. The molecular formula is C15H19Cl2N3O4S. The summed E-state index contributed by atoms with van der Waals surface area (Å²) in [6.07, 6.45) is 0.358. The molecule has 10 heteroatoms. The molecule has 0 unspecified atom stereocenters. The Kier molecular flexibility index (Phi) is 6.67. The normalized spacial score (nSPS) is 19.0. The van der Waals surface area contributed by atoms with Crippen LogP contribution in [0.1, 0.15) is 12.0 Å². The Morgan fingerprint density at radius 3 is 2.68 bits per heavy atom. The minimum atomic E-state index is -3.09. The van der Waals surface area contributed by atoms with E-state index in [2.05, 4.69) is 10.6 Å². The average Bonchev–Trinajstić information content (AvgIpc) is 2.82. The Labute approximate surface area is 156 Å². The molecule has 2 N–H and O–H groups in total. The van der Waals surface area contributed by atoms with Gasteiger partial charge in [0.05, 0.1) is 28.1 Å². The zero-order valence-electron chi connectivity index (χ0n) is 13.6. The van der Waals surface area contributed by atoms with Crippen molar-refractivity contribution in [2.45, 2.75) is 19.0 Å². The quantitative estimate of drug-likeness (QED) is 0.769. The summed E-state index contributed by atoms with van der Waals surface area (Å²) < 4.78 is 22.7. The first kappa shape index (κ1) is 20.0. The van der Waals surface area contributed by atoms with E-state index in [0.29, 0.717) is 23.0 Å². The first-order valence-corrected chi connectivity index (χ1v) is 10.2. The fraction of sp³-hybridized carbons (Fsp3) is 0.467. The van der Waals surface area contributed by atoms with E-state index in [0.717, 1.165) is 5.56 Å². The van der Waals surface area contributed by atoms with Gasteiger partial charge >= 0.3 is 6.03 Å². The molecule has 1 aliphatic heterocycles. The SMILES string of the molecule is CN(CC(=O)NC(=O)N[C@H]1CCS(=O)(=O)C1)Cc1cccc(Cl)c1Cl. The van der Waals surface area contributed by atoms with Gasteiger partial charge in [-0.3, -0.25) is 15.0 Å². The summed E-state index contributed by atoms with van der Waals surface area (Å²) in [7, 11) is -1.38. The molecule has 0 saturated carbocycles. The van der Waals surface area contributed by atoms with Crippen LogP contribution in [0.2, 0.25) is 10.0 Å². The molecule has 1 heterocycles. The molecule has 1 aliphatic rings. The van der Waals surface area contributed by atoms with E-state index in [9.17, 15) is 18.0 Å². The van der Waals surface area contributed by atoms with Crippen molar-refractivity contribution in [3.63, 3.8) is 0 Å². The maximum atomic E-state index is 11.9. The van der Waals surface area contributed by atoms with Crippen molar-refractivity contribution in [1.82, 2.24) is 15.5 Å². The lowest BCUT2D eigenvalue weighted by Gasteiger charge is -2.18. The van der Waals surface area contributed by atoms with Crippen LogP contribution in [0.15, 0.2) is 18.2 Å². The molecule has 0 aromatic heterocycles. The molecule has 1 fully saturated rings. The molecule has 3 amide bonds. The first-order valence-electron chi connectivity index (χ1n) is 7.58. The highest BCUT2D eigenvalue weighted by molar-refractivity contribution is 7.91. The Morgan fingerprint density at radius 1 is 1.32 bits per heavy atom. The predicted molar refractivity (Wildman–Crippen MR) is 96.5 cm³/mol. The third kappa shape index (κ3) is 6.14. The fourth-order valence-corrected chi connectivity index (χ4v) is 4.61. The van der Waals surface area contributed by atoms with E-state index in [1.54, 1.807) is 30.1 Å². The lowest BCUT2D eigenvalue weighted by atomic mass is 10.2. The van der Waals surface area contributed by atoms with E-state index in [1.807, 2.05) is 0 Å². The lowest BCUT2D eigenvalue weighted by molar-refractivity contribution is -0.121. The van der Waals surface area contributed by atoms with Gasteiger partial charge in [0.2, 0.25) is 5.91 Å². The van der Waals surface area contributed by atoms with Crippen LogP contribution in [0.4, 0.5) is 4.79 Å². The molecule has 0 radical (unpaired) electrons. The molecule has 1 saturated heterocycles. The van der Waals surface area contributed by atoms with Crippen LogP contribution < -0.4 is 10.6 Å². The van der Waals surface area contributed by atoms with Crippen LogP contribution in [0, 0.1) is 0 Å². The lowest BCUT2D eigenvalue weighted by Crippen LogP contribution is -2.47. The smallest absolute Gasteiger partial charge is 0.321 e. The number of carbonyl (C=O) groups excluding carboxylic acids is 2. The van der Waals surface area contributed by atoms with Gasteiger partial charge in [-0.1, -0.05) is 35.3 Å². The zero-order chi connectivity index (χ0) is 18.6. The molecule has 0 bridgehead atoms. The minimum Gasteiger partial charge on any atom is -0.334 e. The van der Waals surface area contributed by atoms with Crippen molar-refractivity contribution in [3.05, 3.63) is 33.8 Å². The number of benzene rings is 1. The Hall–Kier alpha value is -1.35. The maximum absolute atomic E-state index is 11.9. The van der Waals surface area contributed by atoms with Crippen molar-refractivity contribution in [2.24, 2.45) is 0 Å². The average molecular weight is 408 g/mol. The second-order valence-electron chi connectivity index (χ2n) is 6.01. The Balaban J connectivity index is 1.79. The highest BCUT2D eigenvalue weighted by Crippen LogP contribution is 2.26. The summed E-state index contributed by atoms with van der Waals surface area (Å²) in [5.41, 5.74) is 0.769. The van der Waals surface area contributed by atoms with Crippen LogP contribution in [-0.4, -0.2) is 56.4 Å². The van der Waals surface area contributed by atoms with E-state index in [-0.39, 0.29) is 18.1 Å². The first-order chi connectivity index (χ1) is 11.7. The number of nitrogens with zero attached hydrogens (tertiary/aromatic N) is 1. The topological polar surface area (TPSA) is 95.6 Å². The van der Waals surface area contributed by atoms with Crippen molar-refractivity contribution >= 4 is 45.0 Å². The molecule has 25 heavy (non-hydrogen) atoms. The molecular weight excluding hydrogens is 389 g/mol.